The SMILES string of the molecule is CC(C)c1cc(CCl)cc(N(C)CC2CCCOC2)n1. The minimum Gasteiger partial charge on any atom is -0.381 e. The number of hydrogen-bond acceptors (Lipinski definition) is 3. The molecule has 0 bridgehead atoms. The van der Waals surface area contributed by atoms with Crippen molar-refractivity contribution in [2.75, 3.05) is 31.7 Å². The molecule has 1 atom stereocenters. The fourth-order valence-electron chi connectivity index (χ4n) is 2.59. The Morgan fingerprint density at radius 1 is 1.45 bits per heavy atom. The standard InChI is InChI=1S/C16H25ClN2O/c1-12(2)15-7-14(9-17)8-16(18-15)19(3)10-13-5-4-6-20-11-13/h7-8,12-13H,4-6,9-11H2,1-3H3. The highest BCUT2D eigenvalue weighted by Gasteiger charge is 2.17. The molecule has 0 radical (unpaired) electrons. The molecule has 4 heteroatoms. The summed E-state index contributed by atoms with van der Waals surface area (Å²) in [7, 11) is 2.11. The Hall–Kier alpha value is -0.800. The molecule has 0 N–H and O–H groups in total. The van der Waals surface area contributed by atoms with Gasteiger partial charge in [0.05, 0.1) is 6.61 Å². The van der Waals surface area contributed by atoms with Gasteiger partial charge in [-0.2, -0.15) is 0 Å². The second kappa shape index (κ2) is 7.28. The Morgan fingerprint density at radius 3 is 2.85 bits per heavy atom. The van der Waals surface area contributed by atoms with Crippen LogP contribution in [-0.2, 0) is 10.6 Å². The number of nitrogens with zero attached hydrogens (tertiary/aromatic N) is 2. The molecule has 0 spiro atoms. The fourth-order valence-corrected chi connectivity index (χ4v) is 2.75. The summed E-state index contributed by atoms with van der Waals surface area (Å²) in [6.07, 6.45) is 2.42. The molecule has 20 heavy (non-hydrogen) atoms. The molecule has 3 nitrogen and oxygen atoms in total. The van der Waals surface area contributed by atoms with Gasteiger partial charge in [-0.15, -0.1) is 11.6 Å². The lowest BCUT2D eigenvalue weighted by atomic mass is 10.0. The van der Waals surface area contributed by atoms with E-state index in [9.17, 15) is 0 Å². The van der Waals surface area contributed by atoms with E-state index in [1.165, 1.54) is 12.8 Å². The van der Waals surface area contributed by atoms with Gasteiger partial charge < -0.3 is 9.64 Å². The van der Waals surface area contributed by atoms with E-state index in [-0.39, 0.29) is 0 Å². The number of pyridine rings is 1. The lowest BCUT2D eigenvalue weighted by Crippen LogP contribution is -2.31. The lowest BCUT2D eigenvalue weighted by Gasteiger charge is -2.28. The Balaban J connectivity index is 2.11. The second-order valence-electron chi connectivity index (χ2n) is 6.01. The van der Waals surface area contributed by atoms with Gasteiger partial charge in [-0.25, -0.2) is 4.98 Å². The largest absolute Gasteiger partial charge is 0.381 e. The van der Waals surface area contributed by atoms with Crippen LogP contribution in [0, 0.1) is 5.92 Å². The van der Waals surface area contributed by atoms with Gasteiger partial charge in [-0.05, 0) is 42.4 Å². The van der Waals surface area contributed by atoms with E-state index >= 15 is 0 Å². The summed E-state index contributed by atoms with van der Waals surface area (Å²) < 4.78 is 5.56. The van der Waals surface area contributed by atoms with Crippen LogP contribution in [0.15, 0.2) is 12.1 Å². The third-order valence-corrected chi connectivity index (χ3v) is 4.12. The van der Waals surface area contributed by atoms with Crippen molar-refractivity contribution in [1.82, 2.24) is 4.98 Å². The summed E-state index contributed by atoms with van der Waals surface area (Å²) in [5.74, 6) is 2.59. The minimum atomic E-state index is 0.420. The number of halogens is 1. The molecule has 1 fully saturated rings. The molecule has 1 aromatic rings. The summed E-state index contributed by atoms with van der Waals surface area (Å²) in [5.41, 5.74) is 2.26. The third-order valence-electron chi connectivity index (χ3n) is 3.82. The second-order valence-corrected chi connectivity index (χ2v) is 6.28. The van der Waals surface area contributed by atoms with Crippen molar-refractivity contribution in [3.8, 4) is 0 Å². The van der Waals surface area contributed by atoms with E-state index in [2.05, 4.69) is 37.9 Å². The number of ether oxygens (including phenoxy) is 1. The summed E-state index contributed by atoms with van der Waals surface area (Å²) in [6, 6.07) is 4.21. The molecule has 0 amide bonds. The van der Waals surface area contributed by atoms with Crippen LogP contribution in [0.4, 0.5) is 5.82 Å². The molecule has 0 aliphatic carbocycles. The van der Waals surface area contributed by atoms with Crippen molar-refractivity contribution in [3.63, 3.8) is 0 Å². The van der Waals surface area contributed by atoms with Crippen LogP contribution in [0.1, 0.15) is 43.9 Å². The van der Waals surface area contributed by atoms with Crippen LogP contribution in [0.3, 0.4) is 0 Å². The Bertz CT molecular complexity index is 430. The van der Waals surface area contributed by atoms with Crippen molar-refractivity contribution in [2.24, 2.45) is 5.92 Å². The summed E-state index contributed by atoms with van der Waals surface area (Å²) in [6.45, 7) is 7.11. The van der Waals surface area contributed by atoms with Crippen molar-refractivity contribution >= 4 is 17.4 Å². The third kappa shape index (κ3) is 4.10. The smallest absolute Gasteiger partial charge is 0.128 e. The first-order chi connectivity index (χ1) is 9.60. The zero-order valence-corrected chi connectivity index (χ0v) is 13.5. The summed E-state index contributed by atoms with van der Waals surface area (Å²) in [4.78, 5) is 7.01. The van der Waals surface area contributed by atoms with Gasteiger partial charge in [0.15, 0.2) is 0 Å². The molecule has 1 unspecified atom stereocenters. The lowest BCUT2D eigenvalue weighted by molar-refractivity contribution is 0.0576. The van der Waals surface area contributed by atoms with E-state index in [0.717, 1.165) is 36.8 Å². The Kier molecular flexibility index (Phi) is 5.67. The predicted octanol–water partition coefficient (Wildman–Crippen LogP) is 3.81. The average Bonchev–Trinajstić information content (AvgIpc) is 2.47. The monoisotopic (exact) mass is 296 g/mol. The maximum absolute atomic E-state index is 6.01. The Morgan fingerprint density at radius 2 is 2.25 bits per heavy atom. The predicted molar refractivity (Wildman–Crippen MR) is 84.7 cm³/mol. The van der Waals surface area contributed by atoms with Crippen molar-refractivity contribution in [3.05, 3.63) is 23.4 Å². The quantitative estimate of drug-likeness (QED) is 0.773. The van der Waals surface area contributed by atoms with Crippen LogP contribution >= 0.6 is 11.6 Å². The average molecular weight is 297 g/mol. The van der Waals surface area contributed by atoms with Gasteiger partial charge in [0, 0.05) is 31.8 Å². The van der Waals surface area contributed by atoms with Gasteiger partial charge in [-0.1, -0.05) is 13.8 Å². The van der Waals surface area contributed by atoms with E-state index in [0.29, 0.717) is 17.7 Å². The van der Waals surface area contributed by atoms with Gasteiger partial charge in [-0.3, -0.25) is 0 Å². The molecule has 2 heterocycles. The summed E-state index contributed by atoms with van der Waals surface area (Å²) in [5, 5.41) is 0. The molecule has 1 aliphatic rings. The van der Waals surface area contributed by atoms with Crippen LogP contribution in [0.5, 0.6) is 0 Å². The molecule has 1 aliphatic heterocycles. The van der Waals surface area contributed by atoms with Crippen molar-refractivity contribution < 1.29 is 4.74 Å². The normalized spacial score (nSPS) is 19.4. The van der Waals surface area contributed by atoms with E-state index in [4.69, 9.17) is 21.3 Å². The highest BCUT2D eigenvalue weighted by molar-refractivity contribution is 6.17. The van der Waals surface area contributed by atoms with Crippen LogP contribution in [0.2, 0.25) is 0 Å². The first kappa shape index (κ1) is 15.6. The fraction of sp³-hybridized carbons (Fsp3) is 0.688. The van der Waals surface area contributed by atoms with E-state index < -0.39 is 0 Å². The molecular formula is C16H25ClN2O. The molecule has 2 rings (SSSR count). The molecule has 1 aromatic heterocycles. The first-order valence-corrected chi connectivity index (χ1v) is 7.99. The number of anilines is 1. The van der Waals surface area contributed by atoms with Gasteiger partial charge in [0.25, 0.3) is 0 Å². The van der Waals surface area contributed by atoms with Crippen molar-refractivity contribution in [2.45, 2.75) is 38.5 Å². The summed E-state index contributed by atoms with van der Waals surface area (Å²) >= 11 is 6.01. The highest BCUT2D eigenvalue weighted by Crippen LogP contribution is 2.23. The topological polar surface area (TPSA) is 25.4 Å². The molecular weight excluding hydrogens is 272 g/mol. The van der Waals surface area contributed by atoms with Gasteiger partial charge >= 0.3 is 0 Å². The zero-order valence-electron chi connectivity index (χ0n) is 12.7. The van der Waals surface area contributed by atoms with Gasteiger partial charge in [0.1, 0.15) is 5.82 Å². The number of alkyl halides is 1. The minimum absolute atomic E-state index is 0.420. The Labute approximate surface area is 127 Å². The molecule has 112 valence electrons. The van der Waals surface area contributed by atoms with E-state index in [1.54, 1.807) is 0 Å². The molecule has 0 aromatic carbocycles. The number of hydrogen-bond donors (Lipinski definition) is 0. The highest BCUT2D eigenvalue weighted by atomic mass is 35.5. The first-order valence-electron chi connectivity index (χ1n) is 7.46. The maximum atomic E-state index is 6.01. The number of aromatic nitrogens is 1. The maximum Gasteiger partial charge on any atom is 0.128 e. The van der Waals surface area contributed by atoms with Crippen LogP contribution < -0.4 is 4.90 Å². The van der Waals surface area contributed by atoms with E-state index in [1.807, 2.05) is 0 Å². The van der Waals surface area contributed by atoms with Gasteiger partial charge in [0.2, 0.25) is 0 Å². The van der Waals surface area contributed by atoms with Crippen molar-refractivity contribution in [1.29, 1.82) is 0 Å². The molecule has 0 saturated carbocycles. The van der Waals surface area contributed by atoms with Crippen LogP contribution in [0.25, 0.3) is 0 Å². The zero-order chi connectivity index (χ0) is 14.5. The molecule has 1 saturated heterocycles. The number of rotatable bonds is 5. The van der Waals surface area contributed by atoms with Crippen LogP contribution in [-0.4, -0.2) is 31.8 Å².